The summed E-state index contributed by atoms with van der Waals surface area (Å²) in [5, 5.41) is 0. The summed E-state index contributed by atoms with van der Waals surface area (Å²) in [5.74, 6) is -0.189. The highest BCUT2D eigenvalue weighted by molar-refractivity contribution is 5.71. The zero-order valence-corrected chi connectivity index (χ0v) is 9.74. The number of likely N-dealkylation sites (N-methyl/N-ethyl adjacent to an activating group) is 1. The predicted molar refractivity (Wildman–Crippen MR) is 55.2 cm³/mol. The van der Waals surface area contributed by atoms with Gasteiger partial charge in [0.15, 0.2) is 0 Å². The molecule has 0 fully saturated rings. The van der Waals surface area contributed by atoms with E-state index in [1.54, 1.807) is 7.11 Å². The fraction of sp³-hybridized carbons (Fsp3) is 0.900. The molecule has 0 saturated heterocycles. The second kappa shape index (κ2) is 6.79. The molecule has 84 valence electrons. The minimum absolute atomic E-state index is 0.0476. The fourth-order valence-electron chi connectivity index (χ4n) is 1.03. The van der Waals surface area contributed by atoms with Crippen molar-refractivity contribution >= 4 is 5.97 Å². The van der Waals surface area contributed by atoms with Crippen LogP contribution in [0.15, 0.2) is 0 Å². The average Bonchev–Trinajstić information content (AvgIpc) is 2.02. The largest absolute Gasteiger partial charge is 0.462 e. The first-order chi connectivity index (χ1) is 6.47. The van der Waals surface area contributed by atoms with Gasteiger partial charge in [-0.25, -0.2) is 0 Å². The van der Waals surface area contributed by atoms with E-state index in [2.05, 4.69) is 0 Å². The van der Waals surface area contributed by atoms with Crippen LogP contribution in [0.3, 0.4) is 0 Å². The van der Waals surface area contributed by atoms with E-state index in [1.165, 1.54) is 0 Å². The summed E-state index contributed by atoms with van der Waals surface area (Å²) in [4.78, 5) is 13.2. The summed E-state index contributed by atoms with van der Waals surface area (Å²) in [5.41, 5.74) is 0. The van der Waals surface area contributed by atoms with Crippen LogP contribution in [0, 0.1) is 0 Å². The predicted octanol–water partition coefficient (Wildman–Crippen LogP) is 0.905. The molecule has 0 aliphatic carbocycles. The Morgan fingerprint density at radius 2 is 1.93 bits per heavy atom. The lowest BCUT2D eigenvalue weighted by molar-refractivity contribution is -0.149. The molecule has 0 aromatic carbocycles. The lowest BCUT2D eigenvalue weighted by atomic mass is 10.3. The molecule has 0 heterocycles. The molecule has 0 aromatic heterocycles. The third-order valence-electron chi connectivity index (χ3n) is 1.91. The summed E-state index contributed by atoms with van der Waals surface area (Å²) < 4.78 is 10.0. The molecule has 0 spiro atoms. The van der Waals surface area contributed by atoms with Gasteiger partial charge in [-0.2, -0.15) is 0 Å². The Morgan fingerprint density at radius 3 is 2.36 bits per heavy atom. The Balaban J connectivity index is 3.80. The van der Waals surface area contributed by atoms with Crippen molar-refractivity contribution in [1.82, 2.24) is 4.90 Å². The van der Waals surface area contributed by atoms with E-state index in [0.29, 0.717) is 13.2 Å². The summed E-state index contributed by atoms with van der Waals surface area (Å²) in [6.07, 6.45) is -0.0476. The zero-order chi connectivity index (χ0) is 11.1. The van der Waals surface area contributed by atoms with Crippen LogP contribution in [0.2, 0.25) is 0 Å². The molecule has 0 radical (unpaired) electrons. The molecule has 4 nitrogen and oxygen atoms in total. The summed E-state index contributed by atoms with van der Waals surface area (Å²) in [7, 11) is 3.53. The van der Waals surface area contributed by atoms with E-state index in [0.717, 1.165) is 0 Å². The highest BCUT2D eigenvalue weighted by Crippen LogP contribution is 1.97. The maximum atomic E-state index is 11.3. The molecule has 0 saturated carbocycles. The Morgan fingerprint density at radius 1 is 1.36 bits per heavy atom. The number of esters is 1. The van der Waals surface area contributed by atoms with Crippen LogP contribution < -0.4 is 0 Å². The van der Waals surface area contributed by atoms with Gasteiger partial charge in [0.1, 0.15) is 0 Å². The lowest BCUT2D eigenvalue weighted by Gasteiger charge is -2.23. The number of hydrogen-bond acceptors (Lipinski definition) is 4. The molecule has 0 N–H and O–H groups in total. The monoisotopic (exact) mass is 203 g/mol. The molecule has 0 bridgehead atoms. The van der Waals surface area contributed by atoms with E-state index < -0.39 is 0 Å². The molecule has 0 amide bonds. The van der Waals surface area contributed by atoms with E-state index in [-0.39, 0.29) is 18.1 Å². The summed E-state index contributed by atoms with van der Waals surface area (Å²) in [6.45, 7) is 6.62. The molecule has 4 heteroatoms. The van der Waals surface area contributed by atoms with Crippen molar-refractivity contribution in [1.29, 1.82) is 0 Å². The molecule has 0 aromatic rings. The van der Waals surface area contributed by atoms with Crippen LogP contribution >= 0.6 is 0 Å². The van der Waals surface area contributed by atoms with E-state index in [1.807, 2.05) is 32.7 Å². The third-order valence-corrected chi connectivity index (χ3v) is 1.91. The normalized spacial score (nSPS) is 13.4. The van der Waals surface area contributed by atoms with Crippen LogP contribution in [0.4, 0.5) is 0 Å². The second-order valence-electron chi connectivity index (χ2n) is 3.76. The van der Waals surface area contributed by atoms with Crippen molar-refractivity contribution in [3.8, 4) is 0 Å². The molecule has 1 unspecified atom stereocenters. The molecule has 14 heavy (non-hydrogen) atoms. The zero-order valence-electron chi connectivity index (χ0n) is 9.74. The van der Waals surface area contributed by atoms with Gasteiger partial charge in [-0.15, -0.1) is 0 Å². The van der Waals surface area contributed by atoms with Gasteiger partial charge in [0.25, 0.3) is 0 Å². The van der Waals surface area contributed by atoms with Crippen LogP contribution in [0.25, 0.3) is 0 Å². The molecule has 0 rings (SSSR count). The van der Waals surface area contributed by atoms with Gasteiger partial charge in [-0.1, -0.05) is 0 Å². The average molecular weight is 203 g/mol. The van der Waals surface area contributed by atoms with Crippen LogP contribution in [-0.2, 0) is 14.3 Å². The molecule has 1 atom stereocenters. The number of hydrogen-bond donors (Lipinski definition) is 0. The number of rotatable bonds is 6. The van der Waals surface area contributed by atoms with E-state index >= 15 is 0 Å². The number of carbonyl (C=O) groups is 1. The number of methoxy groups -OCH3 is 1. The first-order valence-electron chi connectivity index (χ1n) is 4.86. The van der Waals surface area contributed by atoms with Gasteiger partial charge in [-0.05, 0) is 27.8 Å². The minimum atomic E-state index is -0.189. The smallest absolute Gasteiger partial charge is 0.320 e. The first kappa shape index (κ1) is 13.4. The number of ether oxygens (including phenoxy) is 2. The highest BCUT2D eigenvalue weighted by Gasteiger charge is 2.14. The maximum Gasteiger partial charge on any atom is 0.320 e. The van der Waals surface area contributed by atoms with Gasteiger partial charge >= 0.3 is 5.97 Å². The lowest BCUT2D eigenvalue weighted by Crippen LogP contribution is -2.37. The molecular weight excluding hydrogens is 182 g/mol. The summed E-state index contributed by atoms with van der Waals surface area (Å²) in [6, 6.07) is 0.222. The second-order valence-corrected chi connectivity index (χ2v) is 3.76. The van der Waals surface area contributed by atoms with Crippen LogP contribution in [-0.4, -0.2) is 50.3 Å². The van der Waals surface area contributed by atoms with Gasteiger partial charge in [0, 0.05) is 13.2 Å². The van der Waals surface area contributed by atoms with Gasteiger partial charge in [0.05, 0.1) is 19.3 Å². The third kappa shape index (κ3) is 5.94. The number of carbonyl (C=O) groups excluding carboxylic acids is 1. The van der Waals surface area contributed by atoms with Crippen molar-refractivity contribution in [2.24, 2.45) is 0 Å². The molecular formula is C10H21NO3. The topological polar surface area (TPSA) is 38.8 Å². The van der Waals surface area contributed by atoms with E-state index in [4.69, 9.17) is 9.47 Å². The SMILES string of the molecule is COCC(C)N(C)CC(=O)OC(C)C. The van der Waals surface area contributed by atoms with Crippen molar-refractivity contribution in [3.63, 3.8) is 0 Å². The fourth-order valence-corrected chi connectivity index (χ4v) is 1.03. The van der Waals surface area contributed by atoms with Crippen LogP contribution in [0.1, 0.15) is 20.8 Å². The van der Waals surface area contributed by atoms with Crippen molar-refractivity contribution in [3.05, 3.63) is 0 Å². The van der Waals surface area contributed by atoms with Gasteiger partial charge in [-0.3, -0.25) is 9.69 Å². The Hall–Kier alpha value is -0.610. The van der Waals surface area contributed by atoms with E-state index in [9.17, 15) is 4.79 Å². The Labute approximate surface area is 86.2 Å². The molecule has 0 aliphatic rings. The van der Waals surface area contributed by atoms with Crippen molar-refractivity contribution < 1.29 is 14.3 Å². The summed E-state index contributed by atoms with van der Waals surface area (Å²) >= 11 is 0. The Kier molecular flexibility index (Phi) is 6.49. The van der Waals surface area contributed by atoms with Crippen LogP contribution in [0.5, 0.6) is 0 Å². The van der Waals surface area contributed by atoms with Gasteiger partial charge in [0.2, 0.25) is 0 Å². The maximum absolute atomic E-state index is 11.3. The standard InChI is InChI=1S/C10H21NO3/c1-8(2)14-10(12)6-11(4)9(3)7-13-5/h8-9H,6-7H2,1-5H3. The highest BCUT2D eigenvalue weighted by atomic mass is 16.5. The minimum Gasteiger partial charge on any atom is -0.462 e. The number of nitrogens with zero attached hydrogens (tertiary/aromatic N) is 1. The first-order valence-corrected chi connectivity index (χ1v) is 4.86. The Bertz CT molecular complexity index is 171. The molecule has 0 aliphatic heterocycles. The van der Waals surface area contributed by atoms with Crippen molar-refractivity contribution in [2.75, 3.05) is 27.3 Å². The van der Waals surface area contributed by atoms with Gasteiger partial charge < -0.3 is 9.47 Å². The van der Waals surface area contributed by atoms with Crippen molar-refractivity contribution in [2.45, 2.75) is 32.9 Å². The quantitative estimate of drug-likeness (QED) is 0.601.